The predicted molar refractivity (Wildman–Crippen MR) is 75.2 cm³/mol. The van der Waals surface area contributed by atoms with Gasteiger partial charge in [-0.2, -0.15) is 0 Å². The highest BCUT2D eigenvalue weighted by Crippen LogP contribution is 2.22. The number of amides is 2. The van der Waals surface area contributed by atoms with Gasteiger partial charge in [0.1, 0.15) is 5.82 Å². The van der Waals surface area contributed by atoms with Gasteiger partial charge in [0.15, 0.2) is 0 Å². The van der Waals surface area contributed by atoms with Gasteiger partial charge in [0.25, 0.3) is 0 Å². The maximum Gasteiger partial charge on any atom is 0.312 e. The van der Waals surface area contributed by atoms with E-state index in [4.69, 9.17) is 11.6 Å². The second kappa shape index (κ2) is 5.61. The smallest absolute Gasteiger partial charge is 0.312 e. The van der Waals surface area contributed by atoms with Gasteiger partial charge in [0.2, 0.25) is 0 Å². The quantitative estimate of drug-likeness (QED) is 0.815. The third kappa shape index (κ3) is 2.73. The minimum absolute atomic E-state index is 0.0110. The lowest BCUT2D eigenvalue weighted by Crippen LogP contribution is -2.65. The number of nitrogens with zero attached hydrogens (tertiary/aromatic N) is 2. The Morgan fingerprint density at radius 1 is 1.33 bits per heavy atom. The Bertz CT molecular complexity index is 596. The molecule has 1 aromatic carbocycles. The molecule has 1 atom stereocenters. The van der Waals surface area contributed by atoms with Crippen molar-refractivity contribution in [2.24, 2.45) is 0 Å². The summed E-state index contributed by atoms with van der Waals surface area (Å²) in [6.45, 7) is 2.62. The van der Waals surface area contributed by atoms with E-state index in [2.05, 4.69) is 5.32 Å². The fourth-order valence-electron chi connectivity index (χ4n) is 2.78. The lowest BCUT2D eigenvalue weighted by molar-refractivity contribution is -0.160. The van der Waals surface area contributed by atoms with Gasteiger partial charge in [-0.25, -0.2) is 4.39 Å². The topological polar surface area (TPSA) is 52.7 Å². The van der Waals surface area contributed by atoms with Gasteiger partial charge in [-0.05, 0) is 17.7 Å². The maximum absolute atomic E-state index is 13.1. The fraction of sp³-hybridized carbons (Fsp3) is 0.429. The van der Waals surface area contributed by atoms with Crippen molar-refractivity contribution in [1.29, 1.82) is 0 Å². The van der Waals surface area contributed by atoms with E-state index >= 15 is 0 Å². The number of fused-ring (bicyclic) bond motifs is 1. The van der Waals surface area contributed by atoms with Crippen LogP contribution in [0, 0.1) is 5.82 Å². The molecular weight excluding hydrogens is 297 g/mol. The molecule has 2 aliphatic rings. The number of carbonyl (C=O) groups excluding carboxylic acids is 2. The van der Waals surface area contributed by atoms with Crippen LogP contribution in [0.1, 0.15) is 5.56 Å². The summed E-state index contributed by atoms with van der Waals surface area (Å²) in [6, 6.07) is 4.04. The van der Waals surface area contributed by atoms with Crippen LogP contribution in [-0.4, -0.2) is 53.8 Å². The number of carbonyl (C=O) groups is 2. The molecular formula is C14H15ClFN3O2. The summed E-state index contributed by atoms with van der Waals surface area (Å²) in [5.41, 5.74) is 0.636. The SMILES string of the molecule is O=C1C(=O)N2CCNCC2CN1Cc1ccc(F)cc1Cl. The van der Waals surface area contributed by atoms with Crippen molar-refractivity contribution in [1.82, 2.24) is 15.1 Å². The summed E-state index contributed by atoms with van der Waals surface area (Å²) in [7, 11) is 0. The predicted octanol–water partition coefficient (Wildman–Crippen LogP) is 0.622. The molecule has 0 aromatic heterocycles. The first kappa shape index (κ1) is 14.3. The van der Waals surface area contributed by atoms with Crippen molar-refractivity contribution in [3.8, 4) is 0 Å². The normalized spacial score (nSPS) is 22.5. The van der Waals surface area contributed by atoms with Gasteiger partial charge in [0, 0.05) is 37.7 Å². The summed E-state index contributed by atoms with van der Waals surface area (Å²) in [4.78, 5) is 27.4. The van der Waals surface area contributed by atoms with Crippen molar-refractivity contribution >= 4 is 23.4 Å². The van der Waals surface area contributed by atoms with E-state index in [1.807, 2.05) is 0 Å². The molecule has 0 spiro atoms. The molecule has 0 bridgehead atoms. The van der Waals surface area contributed by atoms with Crippen molar-refractivity contribution in [3.05, 3.63) is 34.6 Å². The van der Waals surface area contributed by atoms with Crippen LogP contribution in [0.2, 0.25) is 5.02 Å². The summed E-state index contributed by atoms with van der Waals surface area (Å²) in [5, 5.41) is 3.48. The Morgan fingerprint density at radius 2 is 2.14 bits per heavy atom. The van der Waals surface area contributed by atoms with Crippen LogP contribution in [0.25, 0.3) is 0 Å². The molecule has 5 nitrogen and oxygen atoms in total. The summed E-state index contributed by atoms with van der Waals surface area (Å²) >= 11 is 5.98. The average Bonchev–Trinajstić information content (AvgIpc) is 2.47. The van der Waals surface area contributed by atoms with Crippen LogP contribution in [0.4, 0.5) is 4.39 Å². The molecule has 2 heterocycles. The molecule has 1 unspecified atom stereocenters. The number of hydrogen-bond donors (Lipinski definition) is 1. The number of benzene rings is 1. The molecule has 0 saturated carbocycles. The monoisotopic (exact) mass is 311 g/mol. The fourth-order valence-corrected chi connectivity index (χ4v) is 3.01. The van der Waals surface area contributed by atoms with Crippen molar-refractivity contribution in [3.63, 3.8) is 0 Å². The minimum atomic E-state index is -0.520. The molecule has 0 aliphatic carbocycles. The van der Waals surface area contributed by atoms with Gasteiger partial charge >= 0.3 is 11.8 Å². The summed E-state index contributed by atoms with van der Waals surface area (Å²) in [6.07, 6.45) is 0. The molecule has 21 heavy (non-hydrogen) atoms. The second-order valence-corrected chi connectivity index (χ2v) is 5.69. The molecule has 112 valence electrons. The molecule has 2 amide bonds. The van der Waals surface area contributed by atoms with E-state index in [0.29, 0.717) is 31.7 Å². The highest BCUT2D eigenvalue weighted by molar-refractivity contribution is 6.35. The van der Waals surface area contributed by atoms with E-state index in [1.54, 1.807) is 11.0 Å². The van der Waals surface area contributed by atoms with Crippen molar-refractivity contribution in [2.75, 3.05) is 26.2 Å². The molecule has 2 saturated heterocycles. The van der Waals surface area contributed by atoms with Crippen LogP contribution >= 0.6 is 11.6 Å². The van der Waals surface area contributed by atoms with Gasteiger partial charge in [-0.3, -0.25) is 9.59 Å². The Kier molecular flexibility index (Phi) is 3.82. The first-order chi connectivity index (χ1) is 10.1. The maximum atomic E-state index is 13.1. The number of halogens is 2. The van der Waals surface area contributed by atoms with Gasteiger partial charge in [-0.15, -0.1) is 0 Å². The number of nitrogens with one attached hydrogen (secondary N) is 1. The third-order valence-electron chi connectivity index (χ3n) is 3.89. The minimum Gasteiger partial charge on any atom is -0.328 e. The van der Waals surface area contributed by atoms with E-state index in [9.17, 15) is 14.0 Å². The average molecular weight is 312 g/mol. The largest absolute Gasteiger partial charge is 0.328 e. The molecule has 2 aliphatic heterocycles. The first-order valence-corrected chi connectivity index (χ1v) is 7.18. The Morgan fingerprint density at radius 3 is 2.90 bits per heavy atom. The van der Waals surface area contributed by atoms with Crippen LogP contribution in [0.3, 0.4) is 0 Å². The van der Waals surface area contributed by atoms with E-state index in [0.717, 1.165) is 0 Å². The van der Waals surface area contributed by atoms with Crippen LogP contribution in [0.5, 0.6) is 0 Å². The third-order valence-corrected chi connectivity index (χ3v) is 4.24. The van der Waals surface area contributed by atoms with E-state index < -0.39 is 17.6 Å². The Labute approximate surface area is 126 Å². The number of hydrogen-bond acceptors (Lipinski definition) is 3. The highest BCUT2D eigenvalue weighted by atomic mass is 35.5. The summed E-state index contributed by atoms with van der Waals surface area (Å²) in [5.74, 6) is -1.41. The second-order valence-electron chi connectivity index (χ2n) is 5.28. The van der Waals surface area contributed by atoms with Crippen LogP contribution in [0.15, 0.2) is 18.2 Å². The summed E-state index contributed by atoms with van der Waals surface area (Å²) < 4.78 is 13.1. The van der Waals surface area contributed by atoms with Gasteiger partial charge in [-0.1, -0.05) is 17.7 Å². The van der Waals surface area contributed by atoms with Gasteiger partial charge < -0.3 is 15.1 Å². The van der Waals surface area contributed by atoms with Crippen molar-refractivity contribution < 1.29 is 14.0 Å². The zero-order valence-corrected chi connectivity index (χ0v) is 12.1. The van der Waals surface area contributed by atoms with Gasteiger partial charge in [0.05, 0.1) is 6.04 Å². The van der Waals surface area contributed by atoms with Crippen molar-refractivity contribution in [2.45, 2.75) is 12.6 Å². The Hall–Kier alpha value is -1.66. The zero-order chi connectivity index (χ0) is 15.0. The molecule has 1 N–H and O–H groups in total. The van der Waals surface area contributed by atoms with E-state index in [1.165, 1.54) is 17.0 Å². The highest BCUT2D eigenvalue weighted by Gasteiger charge is 2.39. The standard InChI is InChI=1S/C14H15ClFN3O2/c15-12-5-10(16)2-1-9(12)7-18-8-11-6-17-3-4-19(11)14(21)13(18)20/h1-2,5,11,17H,3-4,6-8H2. The number of piperazine rings is 2. The Balaban J connectivity index is 1.78. The lowest BCUT2D eigenvalue weighted by atomic mass is 10.1. The molecule has 1 aromatic rings. The first-order valence-electron chi connectivity index (χ1n) is 6.81. The van der Waals surface area contributed by atoms with Crippen LogP contribution in [-0.2, 0) is 16.1 Å². The van der Waals surface area contributed by atoms with E-state index in [-0.39, 0.29) is 17.6 Å². The molecule has 7 heteroatoms. The lowest BCUT2D eigenvalue weighted by Gasteiger charge is -2.43. The zero-order valence-electron chi connectivity index (χ0n) is 11.3. The number of rotatable bonds is 2. The molecule has 2 fully saturated rings. The molecule has 3 rings (SSSR count). The molecule has 0 radical (unpaired) electrons. The van der Waals surface area contributed by atoms with Crippen LogP contribution < -0.4 is 5.32 Å².